The van der Waals surface area contributed by atoms with Crippen LogP contribution in [0.4, 0.5) is 0 Å². The molecule has 3 N–H and O–H groups in total. The van der Waals surface area contributed by atoms with E-state index in [4.69, 9.17) is 18.4 Å². The Morgan fingerprint density at radius 1 is 1.21 bits per heavy atom. The fourth-order valence-electron chi connectivity index (χ4n) is 3.21. The molecule has 0 spiro atoms. The molecule has 8 unspecified atom stereocenters. The van der Waals surface area contributed by atoms with Gasteiger partial charge in [0.15, 0.2) is 6.29 Å². The van der Waals surface area contributed by atoms with Crippen molar-refractivity contribution in [2.45, 2.75) is 62.2 Å². The monoisotopic (exact) mass is 421 g/mol. The first-order valence-electron chi connectivity index (χ1n) is 9.02. The van der Waals surface area contributed by atoms with Crippen LogP contribution in [0.5, 0.6) is 0 Å². The molecule has 0 radical (unpaired) electrons. The minimum Gasteiger partial charge on any atom is -0.408 e. The first-order valence-corrected chi connectivity index (χ1v) is 10.3. The van der Waals surface area contributed by atoms with Crippen molar-refractivity contribution in [1.29, 1.82) is 0 Å². The van der Waals surface area contributed by atoms with Gasteiger partial charge in [-0.3, -0.25) is 0 Å². The molecule has 2 rings (SSSR count). The van der Waals surface area contributed by atoms with E-state index in [-0.39, 0.29) is 38.2 Å². The van der Waals surface area contributed by atoms with Crippen molar-refractivity contribution in [3.05, 3.63) is 29.9 Å². The number of aliphatic hydroxyl groups is 3. The van der Waals surface area contributed by atoms with E-state index in [0.717, 1.165) is 0 Å². The number of hydrogen-bond acceptors (Lipinski definition) is 10. The molecular weight excluding hydrogens is 394 g/mol. The molecule has 0 bridgehead atoms. The van der Waals surface area contributed by atoms with Crippen molar-refractivity contribution in [2.24, 2.45) is 5.18 Å². The Balaban J connectivity index is 1.96. The van der Waals surface area contributed by atoms with Gasteiger partial charge in [0.05, 0.1) is 36.8 Å². The van der Waals surface area contributed by atoms with Crippen molar-refractivity contribution in [3.63, 3.8) is 0 Å². The Morgan fingerprint density at radius 2 is 2.00 bits per heavy atom. The van der Waals surface area contributed by atoms with E-state index in [1.54, 1.807) is 0 Å². The average molecular weight is 421 g/mol. The lowest BCUT2D eigenvalue weighted by atomic mass is 9.97. The molecule has 2 heterocycles. The van der Waals surface area contributed by atoms with Gasteiger partial charge >= 0.3 is 0 Å². The van der Waals surface area contributed by atoms with Crippen molar-refractivity contribution < 1.29 is 37.9 Å². The topological polar surface area (TPSA) is 144 Å². The van der Waals surface area contributed by atoms with Gasteiger partial charge in [0, 0.05) is 19.3 Å². The van der Waals surface area contributed by atoms with E-state index in [1.807, 2.05) is 0 Å². The largest absolute Gasteiger partial charge is 0.408 e. The molecule has 11 heteroatoms. The second-order valence-electron chi connectivity index (χ2n) is 6.64. The molecule has 0 aromatic carbocycles. The summed E-state index contributed by atoms with van der Waals surface area (Å²) < 4.78 is 33.9. The molecule has 0 aromatic rings. The predicted octanol–water partition coefficient (Wildman–Crippen LogP) is -0.105. The zero-order valence-electron chi connectivity index (χ0n) is 15.4. The summed E-state index contributed by atoms with van der Waals surface area (Å²) in [5.74, 6) is -0.00809. The Bertz CT molecular complexity index is 561. The van der Waals surface area contributed by atoms with Crippen LogP contribution in [0.2, 0.25) is 0 Å². The summed E-state index contributed by atoms with van der Waals surface area (Å²) in [6.07, 6.45) is -0.842. The lowest BCUT2D eigenvalue weighted by molar-refractivity contribution is -0.280. The third-order valence-corrected chi connectivity index (χ3v) is 5.40. The van der Waals surface area contributed by atoms with Crippen LogP contribution in [-0.2, 0) is 29.5 Å². The maximum Gasteiger partial charge on any atom is 0.208 e. The number of nitroso groups, excluding NO2 is 1. The molecule has 0 amide bonds. The van der Waals surface area contributed by atoms with Crippen molar-refractivity contribution in [3.8, 4) is 0 Å². The van der Waals surface area contributed by atoms with Gasteiger partial charge in [-0.15, -0.1) is 0 Å². The fourth-order valence-corrected chi connectivity index (χ4v) is 3.99. The van der Waals surface area contributed by atoms with Crippen LogP contribution in [0.1, 0.15) is 19.3 Å². The summed E-state index contributed by atoms with van der Waals surface area (Å²) in [5, 5.41) is 32.5. The zero-order chi connectivity index (χ0) is 20.5. The SMILES string of the molecule is C=C/C=C/OS(=O)CC1CC(O)C(OC2CC(O)CC(CO)O2)C(CN=O)O1. The van der Waals surface area contributed by atoms with E-state index in [0.29, 0.717) is 0 Å². The molecule has 8 atom stereocenters. The van der Waals surface area contributed by atoms with Crippen molar-refractivity contribution in [2.75, 3.05) is 18.9 Å². The summed E-state index contributed by atoms with van der Waals surface area (Å²) in [7, 11) is 0. The minimum atomic E-state index is -1.69. The van der Waals surface area contributed by atoms with E-state index in [1.165, 1.54) is 18.4 Å². The second kappa shape index (κ2) is 11.7. The van der Waals surface area contributed by atoms with Gasteiger partial charge < -0.3 is 33.7 Å². The van der Waals surface area contributed by atoms with E-state index in [2.05, 4.69) is 11.8 Å². The van der Waals surface area contributed by atoms with Crippen LogP contribution < -0.4 is 0 Å². The highest BCUT2D eigenvalue weighted by molar-refractivity contribution is 7.80. The smallest absolute Gasteiger partial charge is 0.208 e. The first-order chi connectivity index (χ1) is 13.5. The Labute approximate surface area is 165 Å². The number of ether oxygens (including phenoxy) is 3. The maximum absolute atomic E-state index is 11.9. The highest BCUT2D eigenvalue weighted by Gasteiger charge is 2.42. The molecule has 2 fully saturated rings. The summed E-state index contributed by atoms with van der Waals surface area (Å²) in [5.41, 5.74) is 0. The maximum atomic E-state index is 11.9. The van der Waals surface area contributed by atoms with Crippen LogP contribution in [0.25, 0.3) is 0 Å². The van der Waals surface area contributed by atoms with Gasteiger partial charge in [0.2, 0.25) is 11.1 Å². The van der Waals surface area contributed by atoms with Gasteiger partial charge in [-0.05, 0) is 6.08 Å². The molecule has 0 saturated carbocycles. The molecule has 2 aliphatic rings. The molecule has 28 heavy (non-hydrogen) atoms. The Morgan fingerprint density at radius 3 is 2.68 bits per heavy atom. The first kappa shape index (κ1) is 23.1. The van der Waals surface area contributed by atoms with Crippen molar-refractivity contribution >= 4 is 11.1 Å². The van der Waals surface area contributed by atoms with Crippen LogP contribution >= 0.6 is 0 Å². The molecule has 2 aliphatic heterocycles. The van der Waals surface area contributed by atoms with E-state index >= 15 is 0 Å². The lowest BCUT2D eigenvalue weighted by Crippen LogP contribution is -2.54. The molecule has 2 saturated heterocycles. The molecule has 0 aromatic heterocycles. The standard InChI is InChI=1S/C17H27NO9S/c1-2-3-4-24-28(23)10-13-7-14(21)17(15(25-13)8-18-22)27-16-6-11(20)5-12(9-19)26-16/h2-4,11-17,19-21H,1,5-10H2/b4-3+. The van der Waals surface area contributed by atoms with Gasteiger partial charge in [0.25, 0.3) is 0 Å². The van der Waals surface area contributed by atoms with Crippen molar-refractivity contribution in [1.82, 2.24) is 0 Å². The summed E-state index contributed by atoms with van der Waals surface area (Å²) in [4.78, 5) is 10.8. The van der Waals surface area contributed by atoms with Crippen LogP contribution in [-0.4, -0.2) is 81.3 Å². The second-order valence-corrected chi connectivity index (χ2v) is 7.77. The normalized spacial score (nSPS) is 37.5. The fraction of sp³-hybridized carbons (Fsp3) is 0.765. The number of nitrogens with zero attached hydrogens (tertiary/aromatic N) is 1. The van der Waals surface area contributed by atoms with Crippen LogP contribution in [0.15, 0.2) is 30.2 Å². The van der Waals surface area contributed by atoms with Crippen LogP contribution in [0, 0.1) is 4.91 Å². The average Bonchev–Trinajstić information content (AvgIpc) is 2.64. The Hall–Kier alpha value is -1.21. The molecular formula is C17H27NO9S. The zero-order valence-corrected chi connectivity index (χ0v) is 16.2. The van der Waals surface area contributed by atoms with Gasteiger partial charge in [-0.25, -0.2) is 4.21 Å². The molecule has 10 nitrogen and oxygen atoms in total. The van der Waals surface area contributed by atoms with E-state index in [9.17, 15) is 24.4 Å². The lowest BCUT2D eigenvalue weighted by Gasteiger charge is -2.41. The van der Waals surface area contributed by atoms with E-state index < -0.39 is 54.0 Å². The van der Waals surface area contributed by atoms with Crippen LogP contribution in [0.3, 0.4) is 0 Å². The minimum absolute atomic E-state index is 0.00809. The summed E-state index contributed by atoms with van der Waals surface area (Å²) >= 11 is -1.69. The number of allylic oxidation sites excluding steroid dienone is 2. The third kappa shape index (κ3) is 6.99. The molecule has 0 aliphatic carbocycles. The van der Waals surface area contributed by atoms with Gasteiger partial charge in [0.1, 0.15) is 25.0 Å². The highest BCUT2D eigenvalue weighted by Crippen LogP contribution is 2.28. The number of aliphatic hydroxyl groups excluding tert-OH is 3. The predicted molar refractivity (Wildman–Crippen MR) is 99.2 cm³/mol. The summed E-state index contributed by atoms with van der Waals surface area (Å²) in [6.45, 7) is 2.92. The Kier molecular flexibility index (Phi) is 9.65. The highest BCUT2D eigenvalue weighted by atomic mass is 32.2. The number of rotatable bonds is 10. The quantitative estimate of drug-likeness (QED) is 0.250. The summed E-state index contributed by atoms with van der Waals surface area (Å²) in [6, 6.07) is 0. The molecule has 160 valence electrons. The van der Waals surface area contributed by atoms with Gasteiger partial charge in [-0.1, -0.05) is 17.8 Å². The number of hydrogen-bond donors (Lipinski definition) is 3. The third-order valence-electron chi connectivity index (χ3n) is 4.43. The van der Waals surface area contributed by atoms with Gasteiger partial charge in [-0.2, -0.15) is 4.91 Å².